The van der Waals surface area contributed by atoms with Gasteiger partial charge in [0, 0.05) is 47.6 Å². The van der Waals surface area contributed by atoms with Crippen LogP contribution in [-0.2, 0) is 16.6 Å². The molecule has 6 nitrogen and oxygen atoms in total. The second kappa shape index (κ2) is 8.36. The fourth-order valence-electron chi connectivity index (χ4n) is 10.5. The van der Waals surface area contributed by atoms with Crippen molar-refractivity contribution in [2.24, 2.45) is 11.3 Å². The number of fused-ring (bicyclic) bond motifs is 3. The highest BCUT2D eigenvalue weighted by molar-refractivity contribution is 5.79. The van der Waals surface area contributed by atoms with Crippen LogP contribution in [0.2, 0.25) is 0 Å². The van der Waals surface area contributed by atoms with Gasteiger partial charge in [0.05, 0.1) is 19.7 Å². The molecular formula is C32H45N3O3. The third kappa shape index (κ3) is 3.05. The number of carbonyl (C=O) groups is 1. The molecule has 7 atom stereocenters. The summed E-state index contributed by atoms with van der Waals surface area (Å²) in [7, 11) is 1.78. The standard InChI is InChI=1S/C32H45N3O3/c1-20-5-4-6-21(2)35(20)19-27(36)34-16-13-31-12-11-24(34)30-32(31)14-15-33(18-22-7-8-22)26(31)17-23-9-10-25(37-3)29(38-30)28(23)32/h9-10,20-22,24,26,30H,4-8,11-19H2,1-3H3/t20-,21+,24-,26-,30+,31-,32+/m1/s1. The molecule has 1 amide bonds. The van der Waals surface area contributed by atoms with E-state index >= 15 is 0 Å². The molecule has 6 fully saturated rings. The van der Waals surface area contributed by atoms with Crippen molar-refractivity contribution in [1.29, 1.82) is 0 Å². The van der Waals surface area contributed by atoms with Crippen LogP contribution in [0.1, 0.15) is 82.8 Å². The first-order valence-corrected chi connectivity index (χ1v) is 15.6. The van der Waals surface area contributed by atoms with Gasteiger partial charge in [0.15, 0.2) is 11.5 Å². The Morgan fingerprint density at radius 3 is 2.63 bits per heavy atom. The highest BCUT2D eigenvalue weighted by Gasteiger charge is 2.74. The fourth-order valence-corrected chi connectivity index (χ4v) is 10.5. The summed E-state index contributed by atoms with van der Waals surface area (Å²) in [6, 6.07) is 6.17. The molecule has 9 rings (SSSR count). The molecule has 8 aliphatic rings. The second-order valence-corrected chi connectivity index (χ2v) is 13.9. The zero-order valence-electron chi connectivity index (χ0n) is 23.6. The summed E-state index contributed by atoms with van der Waals surface area (Å²) in [5.74, 6) is 3.12. The lowest BCUT2D eigenvalue weighted by Crippen LogP contribution is -2.73. The number of piperidine rings is 2. The van der Waals surface area contributed by atoms with E-state index in [2.05, 4.69) is 40.7 Å². The van der Waals surface area contributed by atoms with Crippen LogP contribution >= 0.6 is 0 Å². The van der Waals surface area contributed by atoms with E-state index in [1.807, 2.05) is 0 Å². The highest BCUT2D eigenvalue weighted by atomic mass is 16.5. The minimum absolute atomic E-state index is 0.0127. The summed E-state index contributed by atoms with van der Waals surface area (Å²) >= 11 is 0. The Kier molecular flexibility index (Phi) is 5.29. The Morgan fingerprint density at radius 2 is 1.87 bits per heavy atom. The van der Waals surface area contributed by atoms with Crippen LogP contribution in [0, 0.1) is 11.3 Å². The monoisotopic (exact) mass is 519 g/mol. The summed E-state index contributed by atoms with van der Waals surface area (Å²) in [6.45, 7) is 8.51. The van der Waals surface area contributed by atoms with E-state index in [1.165, 1.54) is 62.7 Å². The van der Waals surface area contributed by atoms with Crippen molar-refractivity contribution in [1.82, 2.24) is 14.7 Å². The molecule has 3 aliphatic carbocycles. The summed E-state index contributed by atoms with van der Waals surface area (Å²) in [5, 5.41) is 0. The first kappa shape index (κ1) is 24.0. The lowest BCUT2D eigenvalue weighted by Gasteiger charge is -2.66. The van der Waals surface area contributed by atoms with Gasteiger partial charge in [-0.3, -0.25) is 14.6 Å². The number of carbonyl (C=O) groups excluding carboxylic acids is 1. The molecule has 4 saturated heterocycles. The maximum absolute atomic E-state index is 14.2. The van der Waals surface area contributed by atoms with Crippen molar-refractivity contribution < 1.29 is 14.3 Å². The average molecular weight is 520 g/mol. The van der Waals surface area contributed by atoms with Gasteiger partial charge in [-0.15, -0.1) is 0 Å². The predicted octanol–water partition coefficient (Wildman–Crippen LogP) is 4.38. The average Bonchev–Trinajstić information content (AvgIpc) is 3.70. The quantitative estimate of drug-likeness (QED) is 0.578. The van der Waals surface area contributed by atoms with Gasteiger partial charge < -0.3 is 14.4 Å². The molecule has 1 aromatic rings. The van der Waals surface area contributed by atoms with Crippen LogP contribution in [0.3, 0.4) is 0 Å². The third-order valence-electron chi connectivity index (χ3n) is 12.4. The number of likely N-dealkylation sites (tertiary alicyclic amines) is 2. The van der Waals surface area contributed by atoms with Crippen molar-refractivity contribution >= 4 is 5.91 Å². The van der Waals surface area contributed by atoms with Crippen LogP contribution in [0.15, 0.2) is 12.1 Å². The summed E-state index contributed by atoms with van der Waals surface area (Å²) in [5.41, 5.74) is 3.16. The van der Waals surface area contributed by atoms with Gasteiger partial charge in [0.2, 0.25) is 5.91 Å². The molecule has 0 aromatic heterocycles. The molecule has 1 aromatic carbocycles. The SMILES string of the molecule is COc1ccc2c3c1O[C@H]1[C@H]4CC[C@@]5(CCN4C(=O)CN4[C@H](C)CCC[C@@H]4C)[C@@H](C2)N(CC2CC2)CC[C@]315. The van der Waals surface area contributed by atoms with E-state index in [9.17, 15) is 4.79 Å². The number of nitrogens with zero attached hydrogens (tertiary/aromatic N) is 3. The number of amides is 1. The number of methoxy groups -OCH3 is 1. The van der Waals surface area contributed by atoms with Gasteiger partial charge in [0.1, 0.15) is 6.10 Å². The molecule has 206 valence electrons. The molecule has 0 unspecified atom stereocenters. The number of hydrogen-bond donors (Lipinski definition) is 0. The smallest absolute Gasteiger partial charge is 0.237 e. The summed E-state index contributed by atoms with van der Waals surface area (Å²) in [4.78, 5) is 21.9. The first-order valence-electron chi connectivity index (χ1n) is 15.6. The van der Waals surface area contributed by atoms with Crippen molar-refractivity contribution in [3.8, 4) is 11.5 Å². The number of rotatable bonds is 5. The van der Waals surface area contributed by atoms with Crippen molar-refractivity contribution in [3.05, 3.63) is 23.3 Å². The zero-order valence-corrected chi connectivity index (χ0v) is 23.6. The lowest BCUT2D eigenvalue weighted by atomic mass is 9.42. The molecular weight excluding hydrogens is 474 g/mol. The van der Waals surface area contributed by atoms with Crippen molar-refractivity contribution in [2.75, 3.05) is 33.3 Å². The van der Waals surface area contributed by atoms with Gasteiger partial charge in [-0.1, -0.05) is 12.5 Å². The largest absolute Gasteiger partial charge is 0.493 e. The zero-order chi connectivity index (χ0) is 25.8. The molecule has 0 N–H and O–H groups in total. The third-order valence-corrected chi connectivity index (χ3v) is 12.4. The number of benzene rings is 1. The minimum atomic E-state index is 0.0127. The maximum Gasteiger partial charge on any atom is 0.237 e. The molecule has 4 bridgehead atoms. The van der Waals surface area contributed by atoms with Gasteiger partial charge in [-0.05, 0) is 95.7 Å². The van der Waals surface area contributed by atoms with Gasteiger partial charge in [-0.25, -0.2) is 0 Å². The van der Waals surface area contributed by atoms with E-state index in [-0.39, 0.29) is 23.0 Å². The molecule has 6 heteroatoms. The summed E-state index contributed by atoms with van der Waals surface area (Å²) < 4.78 is 13.0. The Balaban J connectivity index is 1.21. The first-order chi connectivity index (χ1) is 18.5. The Bertz CT molecular complexity index is 1140. The van der Waals surface area contributed by atoms with Gasteiger partial charge >= 0.3 is 0 Å². The minimum Gasteiger partial charge on any atom is -0.493 e. The molecule has 0 radical (unpaired) electrons. The second-order valence-electron chi connectivity index (χ2n) is 13.9. The van der Waals surface area contributed by atoms with E-state index in [0.29, 0.717) is 30.6 Å². The molecule has 2 saturated carbocycles. The Labute approximate surface area is 228 Å². The van der Waals surface area contributed by atoms with Gasteiger partial charge in [0.25, 0.3) is 0 Å². The van der Waals surface area contributed by atoms with Crippen LogP contribution in [0.4, 0.5) is 0 Å². The van der Waals surface area contributed by atoms with E-state index in [0.717, 1.165) is 49.6 Å². The van der Waals surface area contributed by atoms with E-state index in [1.54, 1.807) is 7.11 Å². The predicted molar refractivity (Wildman–Crippen MR) is 147 cm³/mol. The Hall–Kier alpha value is -1.79. The van der Waals surface area contributed by atoms with Crippen LogP contribution < -0.4 is 9.47 Å². The van der Waals surface area contributed by atoms with Crippen molar-refractivity contribution in [3.63, 3.8) is 0 Å². The van der Waals surface area contributed by atoms with Crippen LogP contribution in [0.25, 0.3) is 0 Å². The van der Waals surface area contributed by atoms with Crippen molar-refractivity contribution in [2.45, 2.75) is 114 Å². The lowest BCUT2D eigenvalue weighted by molar-refractivity contribution is -0.146. The van der Waals surface area contributed by atoms with Gasteiger partial charge in [-0.2, -0.15) is 0 Å². The number of hydrogen-bond acceptors (Lipinski definition) is 5. The Morgan fingerprint density at radius 1 is 1.05 bits per heavy atom. The topological polar surface area (TPSA) is 45.3 Å². The fraction of sp³-hybridized carbons (Fsp3) is 0.781. The van der Waals surface area contributed by atoms with E-state index in [4.69, 9.17) is 9.47 Å². The molecule has 5 aliphatic heterocycles. The molecule has 38 heavy (non-hydrogen) atoms. The number of ether oxygens (including phenoxy) is 2. The van der Waals surface area contributed by atoms with Crippen LogP contribution in [0.5, 0.6) is 11.5 Å². The summed E-state index contributed by atoms with van der Waals surface area (Å²) in [6.07, 6.45) is 12.2. The van der Waals surface area contributed by atoms with E-state index < -0.39 is 0 Å². The molecule has 5 heterocycles. The maximum atomic E-state index is 14.2. The molecule has 2 spiro atoms. The highest BCUT2D eigenvalue weighted by Crippen LogP contribution is 2.71. The normalized spacial score (nSPS) is 41.4. The van der Waals surface area contributed by atoms with Crippen LogP contribution in [-0.4, -0.2) is 84.2 Å².